The molecule has 7 nitrogen and oxygen atoms in total. The second-order valence-electron chi connectivity index (χ2n) is 7.24. The van der Waals surface area contributed by atoms with Gasteiger partial charge >= 0.3 is 0 Å². The van der Waals surface area contributed by atoms with Gasteiger partial charge < -0.3 is 20.0 Å². The van der Waals surface area contributed by atoms with E-state index in [9.17, 15) is 4.79 Å². The molecule has 1 aromatic carbocycles. The molecule has 0 radical (unpaired) electrons. The highest BCUT2D eigenvalue weighted by molar-refractivity contribution is 5.93. The van der Waals surface area contributed by atoms with Crippen LogP contribution in [0.25, 0.3) is 11.3 Å². The fourth-order valence-corrected chi connectivity index (χ4v) is 3.54. The highest BCUT2D eigenvalue weighted by Crippen LogP contribution is 2.25. The number of carbonyl (C=O) groups excluding carboxylic acids is 1. The molecule has 1 unspecified atom stereocenters. The second kappa shape index (κ2) is 7.98. The smallest absolute Gasteiger partial charge is 0.272 e. The van der Waals surface area contributed by atoms with E-state index in [0.717, 1.165) is 43.0 Å². The number of piperidine rings is 1. The minimum atomic E-state index is -0.358. The molecule has 1 aliphatic heterocycles. The normalized spacial score (nSPS) is 16.1. The molecule has 1 fully saturated rings. The molecular formula is C21H25N5O2. The molecule has 2 aromatic heterocycles. The maximum absolute atomic E-state index is 12.7. The Morgan fingerprint density at radius 1 is 1.25 bits per heavy atom. The van der Waals surface area contributed by atoms with Crippen LogP contribution in [0.1, 0.15) is 59.6 Å². The van der Waals surface area contributed by atoms with Crippen molar-refractivity contribution < 1.29 is 9.21 Å². The Labute approximate surface area is 164 Å². The van der Waals surface area contributed by atoms with Crippen LogP contribution in [-0.4, -0.2) is 33.9 Å². The summed E-state index contributed by atoms with van der Waals surface area (Å²) in [5.41, 5.74) is 2.18. The Morgan fingerprint density at radius 3 is 2.75 bits per heavy atom. The number of H-pyrrole nitrogens is 1. The van der Waals surface area contributed by atoms with Crippen LogP contribution in [0.2, 0.25) is 0 Å². The number of nitrogens with zero attached hydrogens (tertiary/aromatic N) is 2. The molecule has 1 aliphatic rings. The summed E-state index contributed by atoms with van der Waals surface area (Å²) >= 11 is 0. The highest BCUT2D eigenvalue weighted by atomic mass is 16.4. The van der Waals surface area contributed by atoms with Gasteiger partial charge in [0.25, 0.3) is 5.91 Å². The molecule has 1 amide bonds. The lowest BCUT2D eigenvalue weighted by atomic mass is 9.98. The number of amides is 1. The molecule has 1 saturated heterocycles. The van der Waals surface area contributed by atoms with Crippen molar-refractivity contribution in [3.8, 4) is 11.3 Å². The number of carbonyl (C=O) groups is 1. The van der Waals surface area contributed by atoms with Gasteiger partial charge in [-0.2, -0.15) is 0 Å². The fraction of sp³-hybridized carbons (Fsp3) is 0.381. The minimum Gasteiger partial charge on any atom is -0.438 e. The summed E-state index contributed by atoms with van der Waals surface area (Å²) in [5.74, 6) is 2.21. The van der Waals surface area contributed by atoms with Crippen LogP contribution < -0.4 is 10.6 Å². The van der Waals surface area contributed by atoms with Crippen molar-refractivity contribution in [1.82, 2.24) is 25.6 Å². The van der Waals surface area contributed by atoms with Gasteiger partial charge in [0.15, 0.2) is 5.76 Å². The molecule has 3 heterocycles. The number of aromatic amines is 1. The summed E-state index contributed by atoms with van der Waals surface area (Å²) in [4.78, 5) is 25.0. The molecule has 0 saturated carbocycles. The van der Waals surface area contributed by atoms with Gasteiger partial charge in [-0.1, -0.05) is 30.3 Å². The van der Waals surface area contributed by atoms with Gasteiger partial charge in [-0.15, -0.1) is 0 Å². The number of oxazole rings is 1. The van der Waals surface area contributed by atoms with Gasteiger partial charge in [0.05, 0.1) is 6.20 Å². The van der Waals surface area contributed by atoms with E-state index in [-0.39, 0.29) is 11.9 Å². The number of nitrogens with one attached hydrogen (secondary N) is 3. The summed E-state index contributed by atoms with van der Waals surface area (Å²) < 4.78 is 5.84. The van der Waals surface area contributed by atoms with E-state index < -0.39 is 0 Å². The van der Waals surface area contributed by atoms with Crippen molar-refractivity contribution in [2.45, 2.75) is 38.6 Å². The standard InChI is InChI=1S/C21H25N5O2/c1-13-18(26-19(24-13)16-8-10-22-11-9-16)20(27)25-14(2)21-23-12-17(28-21)15-6-4-3-5-7-15/h3-7,12,14,16,22H,8-11H2,1-2H3,(H,24,26)(H,25,27). The first kappa shape index (κ1) is 18.4. The molecule has 7 heteroatoms. The molecule has 146 valence electrons. The Bertz CT molecular complexity index is 941. The van der Waals surface area contributed by atoms with E-state index in [1.165, 1.54) is 0 Å². The van der Waals surface area contributed by atoms with Gasteiger partial charge in [-0.05, 0) is 39.8 Å². The predicted molar refractivity (Wildman–Crippen MR) is 106 cm³/mol. The molecule has 3 aromatic rings. The first-order valence-corrected chi connectivity index (χ1v) is 9.71. The van der Waals surface area contributed by atoms with Gasteiger partial charge in [-0.25, -0.2) is 9.97 Å². The Kier molecular flexibility index (Phi) is 5.25. The second-order valence-corrected chi connectivity index (χ2v) is 7.24. The van der Waals surface area contributed by atoms with Crippen molar-refractivity contribution >= 4 is 5.91 Å². The average Bonchev–Trinajstić information content (AvgIpc) is 3.36. The van der Waals surface area contributed by atoms with Crippen LogP contribution in [0, 0.1) is 6.92 Å². The monoisotopic (exact) mass is 379 g/mol. The van der Waals surface area contributed by atoms with Crippen LogP contribution >= 0.6 is 0 Å². The number of aryl methyl sites for hydroxylation is 1. The third-order valence-electron chi connectivity index (χ3n) is 5.14. The predicted octanol–water partition coefficient (Wildman–Crippen LogP) is 3.33. The first-order valence-electron chi connectivity index (χ1n) is 9.71. The lowest BCUT2D eigenvalue weighted by molar-refractivity contribution is 0.0929. The van der Waals surface area contributed by atoms with Gasteiger partial charge in [-0.3, -0.25) is 4.79 Å². The minimum absolute atomic E-state index is 0.221. The molecular weight excluding hydrogens is 354 g/mol. The van der Waals surface area contributed by atoms with Crippen molar-refractivity contribution in [3.63, 3.8) is 0 Å². The van der Waals surface area contributed by atoms with E-state index in [0.29, 0.717) is 23.3 Å². The summed E-state index contributed by atoms with van der Waals surface area (Å²) in [6, 6.07) is 9.41. The lowest BCUT2D eigenvalue weighted by Crippen LogP contribution is -2.28. The number of rotatable bonds is 5. The molecule has 28 heavy (non-hydrogen) atoms. The van der Waals surface area contributed by atoms with Crippen LogP contribution in [0.3, 0.4) is 0 Å². The molecule has 4 rings (SSSR count). The zero-order valence-electron chi connectivity index (χ0n) is 16.2. The maximum Gasteiger partial charge on any atom is 0.272 e. The molecule has 1 atom stereocenters. The van der Waals surface area contributed by atoms with E-state index in [4.69, 9.17) is 4.42 Å². The summed E-state index contributed by atoms with van der Waals surface area (Å²) in [6.07, 6.45) is 3.74. The lowest BCUT2D eigenvalue weighted by Gasteiger charge is -2.20. The fourth-order valence-electron chi connectivity index (χ4n) is 3.54. The summed E-state index contributed by atoms with van der Waals surface area (Å²) in [7, 11) is 0. The van der Waals surface area contributed by atoms with Gasteiger partial charge in [0.2, 0.25) is 5.89 Å². The Morgan fingerprint density at radius 2 is 2.00 bits per heavy atom. The van der Waals surface area contributed by atoms with Gasteiger partial charge in [0.1, 0.15) is 17.6 Å². The van der Waals surface area contributed by atoms with Crippen molar-refractivity contribution in [3.05, 3.63) is 59.6 Å². The van der Waals surface area contributed by atoms with Crippen molar-refractivity contribution in [2.24, 2.45) is 0 Å². The number of imidazole rings is 1. The zero-order valence-corrected chi connectivity index (χ0v) is 16.2. The molecule has 0 aliphatic carbocycles. The van der Waals surface area contributed by atoms with E-state index in [1.54, 1.807) is 6.20 Å². The molecule has 0 bridgehead atoms. The van der Waals surface area contributed by atoms with Crippen LogP contribution in [0.15, 0.2) is 40.9 Å². The molecule has 3 N–H and O–H groups in total. The van der Waals surface area contributed by atoms with E-state index >= 15 is 0 Å². The molecule has 0 spiro atoms. The van der Waals surface area contributed by atoms with E-state index in [2.05, 4.69) is 25.6 Å². The number of hydrogen-bond acceptors (Lipinski definition) is 5. The zero-order chi connectivity index (χ0) is 19.5. The topological polar surface area (TPSA) is 95.8 Å². The SMILES string of the molecule is Cc1[nH]c(C2CCNCC2)nc1C(=O)NC(C)c1ncc(-c2ccccc2)o1. The third-order valence-corrected chi connectivity index (χ3v) is 5.14. The third kappa shape index (κ3) is 3.84. The largest absolute Gasteiger partial charge is 0.438 e. The Hall–Kier alpha value is -2.93. The van der Waals surface area contributed by atoms with Crippen molar-refractivity contribution in [1.29, 1.82) is 0 Å². The number of hydrogen-bond donors (Lipinski definition) is 3. The van der Waals surface area contributed by atoms with Crippen molar-refractivity contribution in [2.75, 3.05) is 13.1 Å². The maximum atomic E-state index is 12.7. The summed E-state index contributed by atoms with van der Waals surface area (Å²) in [5, 5.41) is 6.29. The number of benzene rings is 1. The van der Waals surface area contributed by atoms with E-state index in [1.807, 2.05) is 44.2 Å². The average molecular weight is 379 g/mol. The van der Waals surface area contributed by atoms with Crippen LogP contribution in [-0.2, 0) is 0 Å². The van der Waals surface area contributed by atoms with Gasteiger partial charge in [0, 0.05) is 17.2 Å². The summed E-state index contributed by atoms with van der Waals surface area (Å²) in [6.45, 7) is 5.71. The van der Waals surface area contributed by atoms with Crippen LogP contribution in [0.4, 0.5) is 0 Å². The van der Waals surface area contributed by atoms with Crippen LogP contribution in [0.5, 0.6) is 0 Å². The highest BCUT2D eigenvalue weighted by Gasteiger charge is 2.24. The Balaban J connectivity index is 1.45. The number of aromatic nitrogens is 3. The quantitative estimate of drug-likeness (QED) is 0.632. The first-order chi connectivity index (χ1) is 13.6.